The second kappa shape index (κ2) is 4.43. The fourth-order valence-electron chi connectivity index (χ4n) is 2.61. The monoisotopic (exact) mass is 229 g/mol. The number of esters is 1. The molecule has 0 aromatic carbocycles. The largest absolute Gasteiger partial charge is 0.468 e. The zero-order chi connectivity index (χ0) is 10.8. The average Bonchev–Trinajstić information content (AvgIpc) is 2.85. The molecule has 15 heavy (non-hydrogen) atoms. The molecule has 0 spiro atoms. The van der Waals surface area contributed by atoms with Gasteiger partial charge in [-0.1, -0.05) is 5.16 Å². The number of oxime groups is 1. The molecule has 0 unspecified atom stereocenters. The minimum absolute atomic E-state index is 0.208. The van der Waals surface area contributed by atoms with E-state index in [4.69, 9.17) is 5.21 Å². The Labute approximate surface area is 93.1 Å². The maximum absolute atomic E-state index is 11.0. The van der Waals surface area contributed by atoms with Crippen LogP contribution in [0.1, 0.15) is 19.3 Å². The minimum atomic E-state index is -0.208. The van der Waals surface area contributed by atoms with Gasteiger partial charge in [0.05, 0.1) is 23.8 Å². The Morgan fingerprint density at radius 1 is 1.67 bits per heavy atom. The summed E-state index contributed by atoms with van der Waals surface area (Å²) in [6.07, 6.45) is 3.46. The zero-order valence-electron chi connectivity index (χ0n) is 8.68. The number of methoxy groups -OCH3 is 1. The molecule has 0 heterocycles. The minimum Gasteiger partial charge on any atom is -0.468 e. The van der Waals surface area contributed by atoms with E-state index < -0.39 is 0 Å². The normalized spacial score (nSPS) is 36.1. The summed E-state index contributed by atoms with van der Waals surface area (Å²) < 4.78 is 4.60. The van der Waals surface area contributed by atoms with Crippen LogP contribution in [0.2, 0.25) is 0 Å². The molecule has 1 N–H and O–H groups in total. The van der Waals surface area contributed by atoms with Gasteiger partial charge in [0.2, 0.25) is 0 Å². The van der Waals surface area contributed by atoms with Gasteiger partial charge in [-0.2, -0.15) is 0 Å². The van der Waals surface area contributed by atoms with Crippen molar-refractivity contribution in [3.63, 3.8) is 0 Å². The van der Waals surface area contributed by atoms with Gasteiger partial charge in [-0.05, 0) is 25.2 Å². The average molecular weight is 229 g/mol. The van der Waals surface area contributed by atoms with Crippen LogP contribution < -0.4 is 0 Å². The van der Waals surface area contributed by atoms with Gasteiger partial charge in [-0.25, -0.2) is 0 Å². The van der Waals surface area contributed by atoms with Crippen molar-refractivity contribution in [2.75, 3.05) is 12.9 Å². The molecular formula is C10H15NO3S. The Kier molecular flexibility index (Phi) is 3.19. The first-order valence-electron chi connectivity index (χ1n) is 5.16. The molecule has 0 aromatic heterocycles. The molecule has 84 valence electrons. The Morgan fingerprint density at radius 3 is 3.13 bits per heavy atom. The Balaban J connectivity index is 1.94. The number of fused-ring (bicyclic) bond motifs is 2. The molecule has 0 aliphatic heterocycles. The fourth-order valence-corrected chi connectivity index (χ4v) is 3.97. The van der Waals surface area contributed by atoms with Gasteiger partial charge in [0, 0.05) is 5.92 Å². The predicted molar refractivity (Wildman–Crippen MR) is 58.3 cm³/mol. The number of thioether (sulfide) groups is 1. The number of ether oxygens (including phenoxy) is 1. The number of carbonyl (C=O) groups is 1. The molecule has 2 saturated carbocycles. The highest BCUT2D eigenvalue weighted by atomic mass is 32.2. The first-order chi connectivity index (χ1) is 7.26. The van der Waals surface area contributed by atoms with Crippen molar-refractivity contribution < 1.29 is 14.7 Å². The van der Waals surface area contributed by atoms with E-state index in [1.165, 1.54) is 13.5 Å². The third-order valence-electron chi connectivity index (χ3n) is 3.34. The lowest BCUT2D eigenvalue weighted by Gasteiger charge is -2.21. The van der Waals surface area contributed by atoms with Crippen molar-refractivity contribution in [2.45, 2.75) is 24.5 Å². The van der Waals surface area contributed by atoms with Crippen LogP contribution in [0.4, 0.5) is 0 Å². The van der Waals surface area contributed by atoms with Crippen molar-refractivity contribution >= 4 is 23.4 Å². The molecule has 3 atom stereocenters. The molecule has 0 amide bonds. The number of rotatable bonds is 3. The molecule has 2 aliphatic rings. The molecule has 2 fully saturated rings. The highest BCUT2D eigenvalue weighted by Gasteiger charge is 2.45. The van der Waals surface area contributed by atoms with Crippen molar-refractivity contribution in [1.82, 2.24) is 0 Å². The van der Waals surface area contributed by atoms with Gasteiger partial charge in [-0.15, -0.1) is 11.8 Å². The first kappa shape index (κ1) is 10.8. The van der Waals surface area contributed by atoms with Gasteiger partial charge in [0.15, 0.2) is 0 Å². The topological polar surface area (TPSA) is 58.9 Å². The quantitative estimate of drug-likeness (QED) is 0.453. The summed E-state index contributed by atoms with van der Waals surface area (Å²) in [4.78, 5) is 11.0. The number of hydrogen-bond donors (Lipinski definition) is 1. The van der Waals surface area contributed by atoms with E-state index in [2.05, 4.69) is 9.89 Å². The van der Waals surface area contributed by atoms with Crippen molar-refractivity contribution in [2.24, 2.45) is 17.0 Å². The standard InChI is InChI=1S/C10H15NO3S/c1-14-8(12)5-15-10-7-3-2-6(4-7)9(10)11-13/h6-7,10,13H,2-5H2,1H3/b11-9+/t6-,7-,10+/m0/s1. The molecule has 0 saturated heterocycles. The van der Waals surface area contributed by atoms with Gasteiger partial charge in [0.25, 0.3) is 0 Å². The van der Waals surface area contributed by atoms with Crippen LogP contribution in [0.25, 0.3) is 0 Å². The Hall–Kier alpha value is -0.710. The molecule has 0 aromatic rings. The summed E-state index contributed by atoms with van der Waals surface area (Å²) >= 11 is 1.55. The SMILES string of the molecule is COC(=O)CS[C@H]1/C(=N/O)[C@H]2CC[C@H]1C2. The van der Waals surface area contributed by atoms with E-state index in [0.717, 1.165) is 18.6 Å². The maximum atomic E-state index is 11.0. The third kappa shape index (κ3) is 1.97. The van der Waals surface area contributed by atoms with E-state index >= 15 is 0 Å². The summed E-state index contributed by atoms with van der Waals surface area (Å²) in [7, 11) is 1.39. The second-order valence-corrected chi connectivity index (χ2v) is 5.23. The predicted octanol–water partition coefficient (Wildman–Crippen LogP) is 1.52. The van der Waals surface area contributed by atoms with E-state index in [9.17, 15) is 4.79 Å². The molecule has 2 bridgehead atoms. The number of nitrogens with zero attached hydrogens (tertiary/aromatic N) is 1. The highest BCUT2D eigenvalue weighted by molar-refractivity contribution is 8.01. The highest BCUT2D eigenvalue weighted by Crippen LogP contribution is 2.47. The van der Waals surface area contributed by atoms with Crippen LogP contribution in [0, 0.1) is 11.8 Å². The van der Waals surface area contributed by atoms with Crippen LogP contribution in [0.3, 0.4) is 0 Å². The zero-order valence-corrected chi connectivity index (χ0v) is 9.50. The van der Waals surface area contributed by atoms with Gasteiger partial charge < -0.3 is 9.94 Å². The van der Waals surface area contributed by atoms with Gasteiger partial charge in [0.1, 0.15) is 0 Å². The van der Waals surface area contributed by atoms with Crippen LogP contribution in [0.15, 0.2) is 5.16 Å². The maximum Gasteiger partial charge on any atom is 0.315 e. The molecule has 2 rings (SSSR count). The van der Waals surface area contributed by atoms with Crippen LogP contribution in [-0.4, -0.2) is 35.0 Å². The van der Waals surface area contributed by atoms with Crippen molar-refractivity contribution in [3.05, 3.63) is 0 Å². The molecule has 0 radical (unpaired) electrons. The third-order valence-corrected chi connectivity index (χ3v) is 4.72. The first-order valence-corrected chi connectivity index (χ1v) is 6.21. The summed E-state index contributed by atoms with van der Waals surface area (Å²) in [5.74, 6) is 1.19. The van der Waals surface area contributed by atoms with E-state index in [0.29, 0.717) is 17.6 Å². The van der Waals surface area contributed by atoms with Crippen LogP contribution in [0.5, 0.6) is 0 Å². The van der Waals surface area contributed by atoms with Gasteiger partial charge >= 0.3 is 5.97 Å². The lowest BCUT2D eigenvalue weighted by Crippen LogP contribution is -2.26. The summed E-state index contributed by atoms with van der Waals surface area (Å²) in [6, 6.07) is 0. The van der Waals surface area contributed by atoms with E-state index in [1.807, 2.05) is 0 Å². The molecule has 4 nitrogen and oxygen atoms in total. The summed E-state index contributed by atoms with van der Waals surface area (Å²) in [5.41, 5.74) is 0.889. The number of carbonyl (C=O) groups excluding carboxylic acids is 1. The molecule has 2 aliphatic carbocycles. The van der Waals surface area contributed by atoms with E-state index in [-0.39, 0.29) is 11.2 Å². The van der Waals surface area contributed by atoms with Crippen molar-refractivity contribution in [3.8, 4) is 0 Å². The van der Waals surface area contributed by atoms with Gasteiger partial charge in [-0.3, -0.25) is 4.79 Å². The molecule has 5 heteroatoms. The Bertz CT molecular complexity index is 292. The second-order valence-electron chi connectivity index (χ2n) is 4.10. The lowest BCUT2D eigenvalue weighted by molar-refractivity contribution is -0.137. The van der Waals surface area contributed by atoms with E-state index in [1.54, 1.807) is 11.8 Å². The van der Waals surface area contributed by atoms with Crippen LogP contribution >= 0.6 is 11.8 Å². The Morgan fingerprint density at radius 2 is 2.47 bits per heavy atom. The number of hydrogen-bond acceptors (Lipinski definition) is 5. The smallest absolute Gasteiger partial charge is 0.315 e. The summed E-state index contributed by atoms with van der Waals surface area (Å²) in [5, 5.41) is 12.6. The van der Waals surface area contributed by atoms with Crippen LogP contribution in [-0.2, 0) is 9.53 Å². The molecular weight excluding hydrogens is 214 g/mol. The fraction of sp³-hybridized carbons (Fsp3) is 0.800. The van der Waals surface area contributed by atoms with Crippen molar-refractivity contribution in [1.29, 1.82) is 0 Å². The summed E-state index contributed by atoms with van der Waals surface area (Å²) in [6.45, 7) is 0. The lowest BCUT2D eigenvalue weighted by atomic mass is 9.98.